The summed E-state index contributed by atoms with van der Waals surface area (Å²) in [5, 5.41) is 24.6. The van der Waals surface area contributed by atoms with E-state index in [-0.39, 0.29) is 19.3 Å². The summed E-state index contributed by atoms with van der Waals surface area (Å²) in [7, 11) is 2.30. The van der Waals surface area contributed by atoms with Crippen molar-refractivity contribution in [1.29, 1.82) is 0 Å². The van der Waals surface area contributed by atoms with Gasteiger partial charge in [-0.25, -0.2) is 4.79 Å². The van der Waals surface area contributed by atoms with Gasteiger partial charge in [0.05, 0.1) is 33.5 Å². The van der Waals surface area contributed by atoms with Gasteiger partial charge in [-0.2, -0.15) is 0 Å². The maximum atomic E-state index is 10.5. The van der Waals surface area contributed by atoms with E-state index in [1.54, 1.807) is 0 Å². The standard InChI is InChI=1S/C6H10O5.C4H6O4/c1-10-5(8)3-4(7)6(9)11-2;5-3(6)1-2-4(7)8/h4,7H,3H2,1-2H3;1-2H2,(H,5,6)(H,7,8). The number of methoxy groups -OCH3 is 2. The average molecular weight is 280 g/mol. The molecule has 9 heteroatoms. The molecule has 0 saturated heterocycles. The van der Waals surface area contributed by atoms with Gasteiger partial charge in [0.15, 0.2) is 6.10 Å². The maximum absolute atomic E-state index is 10.5. The number of hydrogen-bond acceptors (Lipinski definition) is 7. The van der Waals surface area contributed by atoms with E-state index in [0.29, 0.717) is 0 Å². The minimum absolute atomic E-state index is 0.296. The van der Waals surface area contributed by atoms with Crippen molar-refractivity contribution in [2.45, 2.75) is 25.4 Å². The molecule has 0 bridgehead atoms. The van der Waals surface area contributed by atoms with Crippen LogP contribution < -0.4 is 0 Å². The first-order valence-electron chi connectivity index (χ1n) is 5.00. The molecule has 9 nitrogen and oxygen atoms in total. The Morgan fingerprint density at radius 1 is 0.947 bits per heavy atom. The Morgan fingerprint density at radius 3 is 1.63 bits per heavy atom. The van der Waals surface area contributed by atoms with Gasteiger partial charge in [0.25, 0.3) is 0 Å². The largest absolute Gasteiger partial charge is 0.481 e. The van der Waals surface area contributed by atoms with Gasteiger partial charge < -0.3 is 24.8 Å². The van der Waals surface area contributed by atoms with Crippen molar-refractivity contribution in [1.82, 2.24) is 0 Å². The van der Waals surface area contributed by atoms with E-state index in [4.69, 9.17) is 15.3 Å². The number of hydrogen-bond donors (Lipinski definition) is 3. The number of aliphatic hydroxyl groups excluding tert-OH is 1. The van der Waals surface area contributed by atoms with Crippen LogP contribution in [0.2, 0.25) is 0 Å². The molecule has 0 aromatic heterocycles. The van der Waals surface area contributed by atoms with Gasteiger partial charge in [0.2, 0.25) is 0 Å². The molecule has 0 aliphatic heterocycles. The highest BCUT2D eigenvalue weighted by Crippen LogP contribution is 1.95. The normalized spacial score (nSPS) is 10.5. The van der Waals surface area contributed by atoms with Crippen LogP contribution in [0, 0.1) is 0 Å². The lowest BCUT2D eigenvalue weighted by molar-refractivity contribution is -0.156. The van der Waals surface area contributed by atoms with Crippen LogP contribution in [-0.2, 0) is 28.7 Å². The molecule has 0 aromatic carbocycles. The van der Waals surface area contributed by atoms with Crippen molar-refractivity contribution in [3.05, 3.63) is 0 Å². The Labute approximate surface area is 108 Å². The van der Waals surface area contributed by atoms with Crippen LogP contribution in [0.3, 0.4) is 0 Å². The SMILES string of the molecule is COC(=O)CC(O)C(=O)OC.O=C(O)CCC(=O)O. The van der Waals surface area contributed by atoms with Gasteiger partial charge in [0.1, 0.15) is 0 Å². The van der Waals surface area contributed by atoms with Crippen molar-refractivity contribution >= 4 is 23.9 Å². The Hall–Kier alpha value is -2.16. The van der Waals surface area contributed by atoms with Crippen LogP contribution in [0.1, 0.15) is 19.3 Å². The molecule has 0 aliphatic rings. The lowest BCUT2D eigenvalue weighted by Gasteiger charge is -2.05. The van der Waals surface area contributed by atoms with Crippen molar-refractivity contribution in [3.63, 3.8) is 0 Å². The fourth-order valence-electron chi connectivity index (χ4n) is 0.674. The summed E-state index contributed by atoms with van der Waals surface area (Å²) in [5.74, 6) is -3.64. The first kappa shape index (κ1) is 19.2. The molecule has 110 valence electrons. The quantitative estimate of drug-likeness (QED) is 0.522. The first-order chi connectivity index (χ1) is 8.74. The van der Waals surface area contributed by atoms with Gasteiger partial charge in [0, 0.05) is 0 Å². The van der Waals surface area contributed by atoms with Crippen molar-refractivity contribution < 1.29 is 44.0 Å². The second kappa shape index (κ2) is 11.0. The minimum atomic E-state index is -1.42. The Kier molecular flexibility index (Phi) is 11.1. The number of rotatable bonds is 6. The van der Waals surface area contributed by atoms with Gasteiger partial charge in [-0.15, -0.1) is 0 Å². The molecular weight excluding hydrogens is 264 g/mol. The molecule has 0 saturated carbocycles. The molecule has 3 N–H and O–H groups in total. The van der Waals surface area contributed by atoms with Crippen LogP contribution >= 0.6 is 0 Å². The third-order valence-electron chi connectivity index (χ3n) is 1.61. The summed E-state index contributed by atoms with van der Waals surface area (Å²) >= 11 is 0. The van der Waals surface area contributed by atoms with E-state index in [1.165, 1.54) is 7.11 Å². The van der Waals surface area contributed by atoms with Crippen LogP contribution in [-0.4, -0.2) is 59.5 Å². The van der Waals surface area contributed by atoms with Crippen molar-refractivity contribution in [2.75, 3.05) is 14.2 Å². The number of esters is 2. The number of carbonyl (C=O) groups is 4. The molecule has 19 heavy (non-hydrogen) atoms. The minimum Gasteiger partial charge on any atom is -0.481 e. The number of carbonyl (C=O) groups excluding carboxylic acids is 2. The maximum Gasteiger partial charge on any atom is 0.335 e. The van der Waals surface area contributed by atoms with Crippen molar-refractivity contribution in [2.24, 2.45) is 0 Å². The molecule has 0 fully saturated rings. The average Bonchev–Trinajstić information content (AvgIpc) is 2.35. The zero-order chi connectivity index (χ0) is 15.4. The summed E-state index contributed by atoms with van der Waals surface area (Å²) in [6.07, 6.45) is -2.39. The van der Waals surface area contributed by atoms with E-state index in [9.17, 15) is 19.2 Å². The van der Waals surface area contributed by atoms with Gasteiger partial charge in [-0.1, -0.05) is 0 Å². The molecule has 1 unspecified atom stereocenters. The molecule has 0 spiro atoms. The number of ether oxygens (including phenoxy) is 2. The van der Waals surface area contributed by atoms with Gasteiger partial charge in [-0.05, 0) is 0 Å². The van der Waals surface area contributed by atoms with Crippen LogP contribution in [0.4, 0.5) is 0 Å². The van der Waals surface area contributed by atoms with E-state index in [0.717, 1.165) is 7.11 Å². The molecular formula is C10H16O9. The molecule has 0 radical (unpaired) electrons. The Bertz CT molecular complexity index is 309. The number of carboxylic acid groups (broad SMARTS) is 2. The molecule has 1 atom stereocenters. The van der Waals surface area contributed by atoms with E-state index < -0.39 is 30.0 Å². The third kappa shape index (κ3) is 13.8. The van der Waals surface area contributed by atoms with Crippen molar-refractivity contribution in [3.8, 4) is 0 Å². The predicted octanol–water partition coefficient (Wildman–Crippen LogP) is -0.981. The molecule has 0 rings (SSSR count). The topological polar surface area (TPSA) is 147 Å². The second-order valence-electron chi connectivity index (χ2n) is 3.11. The fraction of sp³-hybridized carbons (Fsp3) is 0.600. The predicted molar refractivity (Wildman–Crippen MR) is 59.2 cm³/mol. The lowest BCUT2D eigenvalue weighted by Crippen LogP contribution is -2.25. The highest BCUT2D eigenvalue weighted by Gasteiger charge is 2.19. The zero-order valence-electron chi connectivity index (χ0n) is 10.5. The lowest BCUT2D eigenvalue weighted by atomic mass is 10.2. The van der Waals surface area contributed by atoms with E-state index in [1.807, 2.05) is 0 Å². The molecule has 0 heterocycles. The van der Waals surface area contributed by atoms with E-state index in [2.05, 4.69) is 9.47 Å². The highest BCUT2D eigenvalue weighted by atomic mass is 16.5. The van der Waals surface area contributed by atoms with Crippen LogP contribution in [0.5, 0.6) is 0 Å². The molecule has 0 amide bonds. The summed E-state index contributed by atoms with van der Waals surface area (Å²) in [6.45, 7) is 0. The summed E-state index contributed by atoms with van der Waals surface area (Å²) in [6, 6.07) is 0. The van der Waals surface area contributed by atoms with Crippen LogP contribution in [0.15, 0.2) is 0 Å². The summed E-state index contributed by atoms with van der Waals surface area (Å²) < 4.78 is 8.37. The van der Waals surface area contributed by atoms with Gasteiger partial charge >= 0.3 is 23.9 Å². The van der Waals surface area contributed by atoms with Gasteiger partial charge in [-0.3, -0.25) is 14.4 Å². The first-order valence-corrected chi connectivity index (χ1v) is 5.00. The number of aliphatic carboxylic acids is 2. The van der Waals surface area contributed by atoms with E-state index >= 15 is 0 Å². The summed E-state index contributed by atoms with van der Waals surface area (Å²) in [4.78, 5) is 40.2. The monoisotopic (exact) mass is 280 g/mol. The molecule has 0 aromatic rings. The third-order valence-corrected chi connectivity index (χ3v) is 1.61. The smallest absolute Gasteiger partial charge is 0.335 e. The highest BCUT2D eigenvalue weighted by molar-refractivity contribution is 5.81. The fourth-order valence-corrected chi connectivity index (χ4v) is 0.674. The zero-order valence-corrected chi connectivity index (χ0v) is 10.5. The molecule has 0 aliphatic carbocycles. The number of aliphatic hydroxyl groups is 1. The summed E-state index contributed by atoms with van der Waals surface area (Å²) in [5.41, 5.74) is 0. The Morgan fingerprint density at radius 2 is 1.37 bits per heavy atom. The second-order valence-corrected chi connectivity index (χ2v) is 3.11. The van der Waals surface area contributed by atoms with Crippen LogP contribution in [0.25, 0.3) is 0 Å². The Balaban J connectivity index is 0. The number of carboxylic acids is 2.